The summed E-state index contributed by atoms with van der Waals surface area (Å²) in [6.07, 6.45) is 14.3. The largest absolute Gasteiger partial charge is 0.537 e. The maximum absolute atomic E-state index is 5.83. The van der Waals surface area contributed by atoms with Gasteiger partial charge in [0.1, 0.15) is 0 Å². The summed E-state index contributed by atoms with van der Waals surface area (Å²) < 4.78 is 114. The number of hydrogen-bond donors (Lipinski definition) is 0. The van der Waals surface area contributed by atoms with E-state index in [2.05, 4.69) is 43.4 Å². The van der Waals surface area contributed by atoms with Gasteiger partial charge in [-0.2, -0.15) is 0 Å². The predicted octanol–water partition coefficient (Wildman–Crippen LogP) is 12.6. The summed E-state index contributed by atoms with van der Waals surface area (Å²) in [5.41, 5.74) is 0. The molecule has 0 aliphatic heterocycles. The van der Waals surface area contributed by atoms with Crippen molar-refractivity contribution < 1.29 is 92.9 Å². The SMILES string of the molecule is C#CC#CC#CCC[Si](OC)(OC)OC.CCCCCCCC[Si](OCC)(OCC)OCC.CCC[Si](OC)(OC)OC.CCO[Si](C)(OCC)OCC.CCO[Si](C)(OCC)OCC.CCO[Si](OCC)(OCC)c1ccccc1.CO[Si](OC)(OC)c1ccccc1. The molecule has 0 aliphatic carbocycles. The van der Waals surface area contributed by atoms with E-state index in [1.165, 1.54) is 32.1 Å². The lowest BCUT2D eigenvalue weighted by Crippen LogP contribution is -2.56. The minimum atomic E-state index is -2.67. The van der Waals surface area contributed by atoms with Crippen LogP contribution in [0.3, 0.4) is 0 Å². The van der Waals surface area contributed by atoms with Gasteiger partial charge < -0.3 is 92.9 Å². The van der Waals surface area contributed by atoms with E-state index in [1.807, 2.05) is 157 Å². The number of unbranched alkanes of at least 4 members (excludes halogenated alkanes) is 5. The van der Waals surface area contributed by atoms with Crippen LogP contribution in [0.1, 0.15) is 148 Å². The summed E-state index contributed by atoms with van der Waals surface area (Å²) in [4.78, 5) is 0. The van der Waals surface area contributed by atoms with Crippen molar-refractivity contribution in [2.24, 2.45) is 0 Å². The summed E-state index contributed by atoms with van der Waals surface area (Å²) in [6.45, 7) is 39.6. The first kappa shape index (κ1) is 100. The number of terminal acetylenes is 1. The summed E-state index contributed by atoms with van der Waals surface area (Å²) in [6, 6.07) is 22.2. The summed E-state index contributed by atoms with van der Waals surface area (Å²) in [5.74, 6) is 12.6. The van der Waals surface area contributed by atoms with Gasteiger partial charge in [0, 0.05) is 191 Å². The van der Waals surface area contributed by atoms with Gasteiger partial charge >= 0.3 is 61.6 Å². The lowest BCUT2D eigenvalue weighted by Gasteiger charge is -2.28. The van der Waals surface area contributed by atoms with E-state index in [1.54, 1.807) is 64.0 Å². The van der Waals surface area contributed by atoms with Gasteiger partial charge in [-0.05, 0) is 113 Å². The highest BCUT2D eigenvalue weighted by molar-refractivity contribution is 6.75. The quantitative estimate of drug-likeness (QED) is 0.0345. The van der Waals surface area contributed by atoms with Crippen molar-refractivity contribution in [1.82, 2.24) is 0 Å². The molecule has 0 fully saturated rings. The van der Waals surface area contributed by atoms with E-state index in [9.17, 15) is 0 Å². The molecule has 2 aromatic rings. The van der Waals surface area contributed by atoms with Crippen molar-refractivity contribution in [2.45, 2.75) is 180 Å². The van der Waals surface area contributed by atoms with Crippen molar-refractivity contribution >= 4 is 72.0 Å². The number of benzene rings is 2. The Morgan fingerprint density at radius 2 is 0.606 bits per heavy atom. The first-order chi connectivity index (χ1) is 45.2. The highest BCUT2D eigenvalue weighted by atomic mass is 28.4. The Kier molecular flexibility index (Phi) is 71.2. The zero-order valence-electron chi connectivity index (χ0n) is 63.2. The maximum Gasteiger partial charge on any atom is 0.537 e. The molecule has 0 saturated carbocycles. The van der Waals surface area contributed by atoms with E-state index >= 15 is 0 Å². The smallest absolute Gasteiger partial charge is 0.377 e. The molecule has 0 heterocycles. The molecule has 0 unspecified atom stereocenters. The monoisotopic (exact) mass is 1460 g/mol. The fourth-order valence-electron chi connectivity index (χ4n) is 8.59. The van der Waals surface area contributed by atoms with Gasteiger partial charge in [0.2, 0.25) is 0 Å². The highest BCUT2D eigenvalue weighted by Crippen LogP contribution is 2.21. The van der Waals surface area contributed by atoms with E-state index in [0.717, 1.165) is 35.3 Å². The van der Waals surface area contributed by atoms with Crippen LogP contribution >= 0.6 is 0 Å². The molecule has 0 saturated heterocycles. The summed E-state index contributed by atoms with van der Waals surface area (Å²) in [7, 11) is -2.39. The molecule has 0 spiro atoms. The first-order valence-electron chi connectivity index (χ1n) is 33.3. The summed E-state index contributed by atoms with van der Waals surface area (Å²) in [5, 5.41) is 2.00. The molecule has 0 bridgehead atoms. The fraction of sp³-hybridized carbons (Fsp3) is 0.727. The van der Waals surface area contributed by atoms with Crippen LogP contribution in [0.4, 0.5) is 0 Å². The number of rotatable bonds is 46. The maximum atomic E-state index is 5.83. The second-order valence-electron chi connectivity index (χ2n) is 19.1. The Balaban J connectivity index is -0.000000331. The lowest BCUT2D eigenvalue weighted by atomic mass is 10.1. The third-order valence-corrected chi connectivity index (χ3v) is 32.1. The summed E-state index contributed by atoms with van der Waals surface area (Å²) >= 11 is 0. The Bertz CT molecular complexity index is 1990. The molecule has 21 nitrogen and oxygen atoms in total. The molecule has 0 amide bonds. The second kappa shape index (κ2) is 66.7. The Morgan fingerprint density at radius 1 is 0.298 bits per heavy atom. The van der Waals surface area contributed by atoms with Crippen LogP contribution in [-0.2, 0) is 92.9 Å². The average Bonchev–Trinajstić information content (AvgIpc) is 0.860. The molecule has 2 rings (SSSR count). The molecule has 2 aromatic carbocycles. The molecule has 0 atom stereocenters. The standard InChI is InChI=1S/C14H32O3Si.C12H20O3Si.C11H14O3Si.C9H14O3Si.2C7H18O3Si.C6H16O3Si/c1-5-9-10-11-12-13-14-18(15-6-2,16-7-3)17-8-4;1-4-13-16(14-5-2,15-6-3)12-10-8-7-9-11-12;1-5-6-7-8-9-10-11-15(12-2,13-3)14-4;1-10-13(11-2,12-3)9-7-5-4-6-8-9;2*1-5-8-11(4,9-6-2)10-7-3;1-5-6-10(7-2,8-3)9-4/h5-14H2,1-4H3;7-11H,4-6H2,1-3H3;1H,10-11H2,2-4H3;4-8H,1-3H3;2*5-7H2,1-4H3;5-6H2,1-4H3. The van der Waals surface area contributed by atoms with Crippen LogP contribution in [-0.4, -0.2) is 205 Å². The van der Waals surface area contributed by atoms with E-state index < -0.39 is 61.6 Å². The molecule has 94 heavy (non-hydrogen) atoms. The third-order valence-electron chi connectivity index (χ3n) is 12.7. The Hall–Kier alpha value is -2.20. The van der Waals surface area contributed by atoms with Crippen LogP contribution < -0.4 is 10.4 Å². The second-order valence-corrected chi connectivity index (χ2v) is 38.7. The molecule has 550 valence electrons. The van der Waals surface area contributed by atoms with Crippen LogP contribution in [0.25, 0.3) is 0 Å². The van der Waals surface area contributed by atoms with Crippen molar-refractivity contribution in [1.29, 1.82) is 0 Å². The van der Waals surface area contributed by atoms with Crippen molar-refractivity contribution in [3.63, 3.8) is 0 Å². The van der Waals surface area contributed by atoms with Gasteiger partial charge in [0.15, 0.2) is 0 Å². The minimum absolute atomic E-state index is 0.598. The lowest BCUT2D eigenvalue weighted by molar-refractivity contribution is 0.0704. The van der Waals surface area contributed by atoms with E-state index in [0.29, 0.717) is 91.7 Å². The van der Waals surface area contributed by atoms with Crippen LogP contribution in [0.2, 0.25) is 31.2 Å². The molecular formula is C66H132O21Si7. The third kappa shape index (κ3) is 47.0. The van der Waals surface area contributed by atoms with Gasteiger partial charge in [-0.15, -0.1) is 6.42 Å². The van der Waals surface area contributed by atoms with Crippen LogP contribution in [0, 0.1) is 36.0 Å². The first-order valence-corrected chi connectivity index (χ1v) is 47.0. The molecule has 28 heteroatoms. The van der Waals surface area contributed by atoms with Crippen LogP contribution in [0.15, 0.2) is 60.7 Å². The van der Waals surface area contributed by atoms with Gasteiger partial charge in [-0.25, -0.2) is 0 Å². The highest BCUT2D eigenvalue weighted by Gasteiger charge is 2.44. The fourth-order valence-corrected chi connectivity index (χ4v) is 22.5. The molecule has 0 aromatic heterocycles. The van der Waals surface area contributed by atoms with Gasteiger partial charge in [-0.3, -0.25) is 0 Å². The van der Waals surface area contributed by atoms with Crippen molar-refractivity contribution in [3.05, 3.63) is 60.7 Å². The zero-order chi connectivity index (χ0) is 72.4. The predicted molar refractivity (Wildman–Crippen MR) is 394 cm³/mol. The van der Waals surface area contributed by atoms with E-state index in [4.69, 9.17) is 99.4 Å². The molecule has 0 aliphatic rings. The Labute approximate surface area is 581 Å². The molecule has 0 N–H and O–H groups in total. The normalized spacial score (nSPS) is 11.4. The topological polar surface area (TPSA) is 194 Å². The van der Waals surface area contributed by atoms with Crippen molar-refractivity contribution in [3.8, 4) is 36.0 Å². The van der Waals surface area contributed by atoms with Crippen molar-refractivity contribution in [2.75, 3.05) is 143 Å². The van der Waals surface area contributed by atoms with Gasteiger partial charge in [-0.1, -0.05) is 119 Å². The average molecular weight is 1460 g/mol. The van der Waals surface area contributed by atoms with Gasteiger partial charge in [0.05, 0.1) is 0 Å². The van der Waals surface area contributed by atoms with Crippen LogP contribution in [0.5, 0.6) is 0 Å². The Morgan fingerprint density at radius 3 is 0.883 bits per heavy atom. The van der Waals surface area contributed by atoms with E-state index in [-0.39, 0.29) is 0 Å². The molecule has 0 radical (unpaired) electrons. The number of hydrogen-bond acceptors (Lipinski definition) is 21. The minimum Gasteiger partial charge on any atom is -0.377 e. The zero-order valence-corrected chi connectivity index (χ0v) is 70.2. The molecular weight excluding hydrogens is 1330 g/mol. The van der Waals surface area contributed by atoms with Gasteiger partial charge in [0.25, 0.3) is 0 Å².